The highest BCUT2D eigenvalue weighted by Crippen LogP contribution is 2.21. The van der Waals surface area contributed by atoms with E-state index in [0.717, 1.165) is 15.4 Å². The van der Waals surface area contributed by atoms with Gasteiger partial charge in [0.1, 0.15) is 5.75 Å². The van der Waals surface area contributed by atoms with E-state index in [1.54, 1.807) is 12.1 Å². The second-order valence-corrected chi connectivity index (χ2v) is 9.41. The fourth-order valence-corrected chi connectivity index (χ4v) is 4.39. The van der Waals surface area contributed by atoms with Crippen LogP contribution in [0.2, 0.25) is 5.02 Å². The summed E-state index contributed by atoms with van der Waals surface area (Å²) in [7, 11) is -3.98. The number of carbonyl (C=O) groups is 1. The number of carbonyl (C=O) groups excluding carboxylic acids is 1. The van der Waals surface area contributed by atoms with E-state index in [-0.39, 0.29) is 17.2 Å². The van der Waals surface area contributed by atoms with Crippen molar-refractivity contribution in [2.24, 2.45) is 5.10 Å². The Hall–Kier alpha value is -3.20. The second kappa shape index (κ2) is 10.4. The van der Waals surface area contributed by atoms with Crippen LogP contribution in [0.1, 0.15) is 16.7 Å². The van der Waals surface area contributed by atoms with Gasteiger partial charge in [-0.05, 0) is 72.1 Å². The number of benzene rings is 3. The maximum atomic E-state index is 13.3. The number of sulfonamides is 1. The van der Waals surface area contributed by atoms with E-state index in [9.17, 15) is 18.3 Å². The van der Waals surface area contributed by atoms with Crippen LogP contribution in [0.3, 0.4) is 0 Å². The molecule has 0 saturated heterocycles. The van der Waals surface area contributed by atoms with Gasteiger partial charge in [0.15, 0.2) is 0 Å². The molecule has 2 N–H and O–H groups in total. The Morgan fingerprint density at radius 3 is 2.38 bits per heavy atom. The van der Waals surface area contributed by atoms with E-state index in [1.165, 1.54) is 42.6 Å². The first kappa shape index (κ1) is 23.5. The first-order chi connectivity index (χ1) is 15.3. The minimum absolute atomic E-state index is 0.0206. The summed E-state index contributed by atoms with van der Waals surface area (Å²) in [5.74, 6) is -0.475. The number of halogens is 1. The fraction of sp³-hybridized carbons (Fsp3) is 0.130. The summed E-state index contributed by atoms with van der Waals surface area (Å²) < 4.78 is 27.6. The Morgan fingerprint density at radius 1 is 1.06 bits per heavy atom. The average Bonchev–Trinajstić information content (AvgIpc) is 2.76. The summed E-state index contributed by atoms with van der Waals surface area (Å²) >= 11 is 5.89. The van der Waals surface area contributed by atoms with Crippen LogP contribution in [-0.2, 0) is 21.4 Å². The molecule has 0 spiro atoms. The van der Waals surface area contributed by atoms with Crippen molar-refractivity contribution in [2.45, 2.75) is 18.4 Å². The molecule has 0 aliphatic heterocycles. The summed E-state index contributed by atoms with van der Waals surface area (Å²) in [6.45, 7) is 1.48. The number of hydrogen-bond acceptors (Lipinski definition) is 5. The van der Waals surface area contributed by atoms with Crippen molar-refractivity contribution >= 4 is 33.7 Å². The van der Waals surface area contributed by atoms with E-state index < -0.39 is 22.5 Å². The van der Waals surface area contributed by atoms with Gasteiger partial charge in [-0.15, -0.1) is 0 Å². The molecular formula is C23H22ClN3O4S. The molecule has 0 unspecified atom stereocenters. The average molecular weight is 472 g/mol. The van der Waals surface area contributed by atoms with E-state index in [0.29, 0.717) is 10.6 Å². The lowest BCUT2D eigenvalue weighted by Gasteiger charge is -2.22. The third-order valence-corrected chi connectivity index (χ3v) is 6.73. The number of nitrogens with one attached hydrogen (secondary N) is 1. The van der Waals surface area contributed by atoms with Crippen LogP contribution in [0.5, 0.6) is 5.75 Å². The number of aromatic hydroxyl groups is 1. The van der Waals surface area contributed by atoms with E-state index in [4.69, 9.17) is 11.6 Å². The molecule has 32 heavy (non-hydrogen) atoms. The Labute approximate surface area is 192 Å². The number of phenols is 1. The van der Waals surface area contributed by atoms with Gasteiger partial charge < -0.3 is 5.11 Å². The van der Waals surface area contributed by atoms with Gasteiger partial charge >= 0.3 is 0 Å². The summed E-state index contributed by atoms with van der Waals surface area (Å²) in [6, 6.07) is 19.4. The lowest BCUT2D eigenvalue weighted by Crippen LogP contribution is -2.39. The molecule has 0 bridgehead atoms. The molecule has 9 heteroatoms. The number of amides is 1. The number of phenolic OH excluding ortho intramolecular Hbond substituents is 1. The van der Waals surface area contributed by atoms with Crippen molar-refractivity contribution in [1.82, 2.24) is 9.73 Å². The smallest absolute Gasteiger partial charge is 0.255 e. The molecule has 7 nitrogen and oxygen atoms in total. The van der Waals surface area contributed by atoms with Gasteiger partial charge in [0.2, 0.25) is 10.0 Å². The van der Waals surface area contributed by atoms with Gasteiger partial charge in [-0.25, -0.2) is 13.8 Å². The largest absolute Gasteiger partial charge is 0.508 e. The van der Waals surface area contributed by atoms with Gasteiger partial charge in [0.05, 0.1) is 17.7 Å². The molecule has 0 saturated carbocycles. The number of hydrazone groups is 1. The van der Waals surface area contributed by atoms with E-state index in [2.05, 4.69) is 10.5 Å². The highest BCUT2D eigenvalue weighted by molar-refractivity contribution is 7.89. The van der Waals surface area contributed by atoms with Crippen LogP contribution in [0.25, 0.3) is 0 Å². The molecule has 3 aromatic rings. The third kappa shape index (κ3) is 6.16. The molecule has 166 valence electrons. The predicted octanol–water partition coefficient (Wildman–Crippen LogP) is 3.70. The second-order valence-electron chi connectivity index (χ2n) is 7.04. The standard InChI is InChI=1S/C23H22ClN3O4S/c1-17-4-2-3-5-19(17)15-27(32(30,31)22-12-8-20(24)9-13-22)16-23(29)26-25-14-18-6-10-21(28)11-7-18/h2-14,28H,15-16H2,1H3,(H,26,29)/b25-14-. The summed E-state index contributed by atoms with van der Waals surface area (Å²) in [5, 5.41) is 13.6. The van der Waals surface area contributed by atoms with Gasteiger partial charge in [-0.1, -0.05) is 35.9 Å². The van der Waals surface area contributed by atoms with Crippen LogP contribution >= 0.6 is 11.6 Å². The fourth-order valence-electron chi connectivity index (χ4n) is 2.89. The van der Waals surface area contributed by atoms with E-state index >= 15 is 0 Å². The Morgan fingerprint density at radius 2 is 1.72 bits per heavy atom. The Balaban J connectivity index is 1.80. The van der Waals surface area contributed by atoms with Crippen molar-refractivity contribution in [3.05, 3.63) is 94.5 Å². The molecule has 0 atom stereocenters. The zero-order chi connectivity index (χ0) is 23.1. The lowest BCUT2D eigenvalue weighted by molar-refractivity contribution is -0.121. The summed E-state index contributed by atoms with van der Waals surface area (Å²) in [4.78, 5) is 12.6. The SMILES string of the molecule is Cc1ccccc1CN(CC(=O)N/N=C\c1ccc(O)cc1)S(=O)(=O)c1ccc(Cl)cc1. The van der Waals surface area contributed by atoms with Crippen LogP contribution in [0.15, 0.2) is 82.8 Å². The molecule has 3 rings (SSSR count). The molecule has 0 aliphatic carbocycles. The van der Waals surface area contributed by atoms with Crippen molar-refractivity contribution in [2.75, 3.05) is 6.54 Å². The molecule has 0 aromatic heterocycles. The minimum Gasteiger partial charge on any atom is -0.508 e. The van der Waals surface area contributed by atoms with Crippen LogP contribution in [-0.4, -0.2) is 36.5 Å². The lowest BCUT2D eigenvalue weighted by atomic mass is 10.1. The maximum absolute atomic E-state index is 13.3. The summed E-state index contributed by atoms with van der Waals surface area (Å²) in [6.07, 6.45) is 1.40. The highest BCUT2D eigenvalue weighted by atomic mass is 35.5. The number of rotatable bonds is 8. The number of aryl methyl sites for hydroxylation is 1. The zero-order valence-corrected chi connectivity index (χ0v) is 18.8. The number of nitrogens with zero attached hydrogens (tertiary/aromatic N) is 2. The quantitative estimate of drug-likeness (QED) is 0.386. The first-order valence-electron chi connectivity index (χ1n) is 9.67. The van der Waals surface area contributed by atoms with Crippen LogP contribution in [0, 0.1) is 6.92 Å². The van der Waals surface area contributed by atoms with Crippen molar-refractivity contribution < 1.29 is 18.3 Å². The van der Waals surface area contributed by atoms with Crippen molar-refractivity contribution in [3.63, 3.8) is 0 Å². The van der Waals surface area contributed by atoms with Crippen LogP contribution in [0.4, 0.5) is 0 Å². The predicted molar refractivity (Wildman–Crippen MR) is 124 cm³/mol. The van der Waals surface area contributed by atoms with Gasteiger partial charge in [0, 0.05) is 11.6 Å². The maximum Gasteiger partial charge on any atom is 0.255 e. The van der Waals surface area contributed by atoms with E-state index in [1.807, 2.05) is 31.2 Å². The zero-order valence-electron chi connectivity index (χ0n) is 17.3. The highest BCUT2D eigenvalue weighted by Gasteiger charge is 2.27. The monoisotopic (exact) mass is 471 g/mol. The van der Waals surface area contributed by atoms with Gasteiger partial charge in [0.25, 0.3) is 5.91 Å². The molecule has 0 aliphatic rings. The van der Waals surface area contributed by atoms with Crippen molar-refractivity contribution in [3.8, 4) is 5.75 Å². The molecule has 3 aromatic carbocycles. The molecule has 0 fully saturated rings. The van der Waals surface area contributed by atoms with Gasteiger partial charge in [-0.3, -0.25) is 4.79 Å². The molecule has 0 heterocycles. The minimum atomic E-state index is -3.98. The Kier molecular flexibility index (Phi) is 7.63. The topological polar surface area (TPSA) is 99.1 Å². The first-order valence-corrected chi connectivity index (χ1v) is 11.5. The third-order valence-electron chi connectivity index (χ3n) is 4.68. The van der Waals surface area contributed by atoms with Crippen molar-refractivity contribution in [1.29, 1.82) is 0 Å². The molecular weight excluding hydrogens is 450 g/mol. The summed E-state index contributed by atoms with van der Waals surface area (Å²) in [5.41, 5.74) is 4.71. The Bertz CT molecular complexity index is 1210. The molecule has 0 radical (unpaired) electrons. The number of hydrogen-bond donors (Lipinski definition) is 2. The normalized spacial score (nSPS) is 11.7. The van der Waals surface area contributed by atoms with Gasteiger partial charge in [-0.2, -0.15) is 9.41 Å². The van der Waals surface area contributed by atoms with Crippen LogP contribution < -0.4 is 5.43 Å². The molecule has 1 amide bonds.